The van der Waals surface area contributed by atoms with Gasteiger partial charge in [-0.15, -0.1) is 0 Å². The maximum Gasteiger partial charge on any atom is 0.424 e. The molecule has 2 heterocycles. The van der Waals surface area contributed by atoms with E-state index in [4.69, 9.17) is 5.73 Å². The van der Waals surface area contributed by atoms with Crippen molar-refractivity contribution in [2.75, 3.05) is 16.8 Å². The molecule has 0 saturated carbocycles. The predicted octanol–water partition coefficient (Wildman–Crippen LogP) is 3.64. The number of nitrogens with zero attached hydrogens (tertiary/aromatic N) is 2. The lowest BCUT2D eigenvalue weighted by Gasteiger charge is -2.42. The zero-order valence-corrected chi connectivity index (χ0v) is 14.8. The third kappa shape index (κ3) is 2.60. The van der Waals surface area contributed by atoms with Crippen molar-refractivity contribution >= 4 is 22.3 Å². The molecule has 1 aromatic heterocycles. The number of fused-ring (bicyclic) bond motifs is 3. The number of aromatic nitrogens is 2. The Morgan fingerprint density at radius 1 is 1.22 bits per heavy atom. The minimum Gasteiger partial charge on any atom is -0.399 e. The Bertz CT molecular complexity index is 920. The van der Waals surface area contributed by atoms with Gasteiger partial charge in [-0.1, -0.05) is 13.0 Å². The van der Waals surface area contributed by atoms with Crippen LogP contribution in [0.3, 0.4) is 0 Å². The van der Waals surface area contributed by atoms with Gasteiger partial charge in [0.1, 0.15) is 10.7 Å². The van der Waals surface area contributed by atoms with Gasteiger partial charge in [-0.05, 0) is 19.1 Å². The fourth-order valence-corrected chi connectivity index (χ4v) is 4.12. The molecule has 2 aromatic rings. The largest absolute Gasteiger partial charge is 0.424 e. The first-order valence-electron chi connectivity index (χ1n) is 7.65. The van der Waals surface area contributed by atoms with E-state index in [-0.39, 0.29) is 22.0 Å². The number of rotatable bonds is 2. The number of benzene rings is 1. The Balaban J connectivity index is 2.47. The summed E-state index contributed by atoms with van der Waals surface area (Å²) in [6.45, 7) is 2.86. The number of nitrogens with two attached hydrogens (primary N) is 1. The molecule has 0 fully saturated rings. The zero-order chi connectivity index (χ0) is 20.4. The molecule has 1 aliphatic rings. The van der Waals surface area contributed by atoms with Crippen molar-refractivity contribution in [3.63, 3.8) is 0 Å². The molecule has 1 aliphatic heterocycles. The van der Waals surface area contributed by atoms with Gasteiger partial charge in [0.25, 0.3) is 5.54 Å². The zero-order valence-electron chi connectivity index (χ0n) is 14.0. The Kier molecular flexibility index (Phi) is 4.25. The molecule has 0 bridgehead atoms. The van der Waals surface area contributed by atoms with Gasteiger partial charge in [-0.3, -0.25) is 4.21 Å². The average Bonchev–Trinajstić information content (AvgIpc) is 2.87. The van der Waals surface area contributed by atoms with Gasteiger partial charge in [0.15, 0.2) is 0 Å². The van der Waals surface area contributed by atoms with Crippen LogP contribution in [0.15, 0.2) is 23.1 Å². The molecule has 0 spiro atoms. The number of halogens is 6. The van der Waals surface area contributed by atoms with E-state index in [0.717, 1.165) is 16.8 Å². The van der Waals surface area contributed by atoms with Crippen LogP contribution in [0.5, 0.6) is 0 Å². The summed E-state index contributed by atoms with van der Waals surface area (Å²) >= 11 is 0. The van der Waals surface area contributed by atoms with Crippen LogP contribution in [-0.4, -0.2) is 32.1 Å². The molecule has 1 atom stereocenters. The van der Waals surface area contributed by atoms with E-state index in [1.165, 1.54) is 13.8 Å². The molecule has 3 N–H and O–H groups in total. The van der Waals surface area contributed by atoms with Crippen LogP contribution in [0.4, 0.5) is 37.8 Å². The molecule has 3 rings (SSSR count). The molecule has 27 heavy (non-hydrogen) atoms. The average molecular weight is 412 g/mol. The highest BCUT2D eigenvalue weighted by atomic mass is 32.2. The summed E-state index contributed by atoms with van der Waals surface area (Å²) in [5.41, 5.74) is -0.327. The minimum absolute atomic E-state index is 0.00393. The van der Waals surface area contributed by atoms with Crippen molar-refractivity contribution in [2.24, 2.45) is 0 Å². The number of nitrogen functional groups attached to an aromatic ring is 1. The van der Waals surface area contributed by atoms with E-state index in [1.807, 2.05) is 0 Å². The summed E-state index contributed by atoms with van der Waals surface area (Å²) in [7, 11) is -1.84. The Morgan fingerprint density at radius 2 is 1.81 bits per heavy atom. The molecule has 1 unspecified atom stereocenters. The fourth-order valence-electron chi connectivity index (χ4n) is 3.11. The van der Waals surface area contributed by atoms with Crippen LogP contribution >= 0.6 is 0 Å². The smallest absolute Gasteiger partial charge is 0.399 e. The highest BCUT2D eigenvalue weighted by molar-refractivity contribution is 7.85. The Morgan fingerprint density at radius 3 is 2.33 bits per heavy atom. The third-order valence-electron chi connectivity index (χ3n) is 4.31. The standard InChI is InChI=1S/C15H14F6N4OS/c1-3-27(26)11-7(2)24-25-10-6-8(22)4-5-9(10)13(14(16,17)18,15(19,20)21)23-12(11)25/h4-6,23H,3,22H2,1-2H3. The monoisotopic (exact) mass is 412 g/mol. The van der Waals surface area contributed by atoms with Crippen molar-refractivity contribution in [3.8, 4) is 5.69 Å². The summed E-state index contributed by atoms with van der Waals surface area (Å²) in [5, 5.41) is 5.59. The van der Waals surface area contributed by atoms with Crippen molar-refractivity contribution in [1.82, 2.24) is 9.78 Å². The van der Waals surface area contributed by atoms with Crippen LogP contribution in [0.25, 0.3) is 5.69 Å². The van der Waals surface area contributed by atoms with E-state index in [1.54, 1.807) is 5.32 Å². The summed E-state index contributed by atoms with van der Waals surface area (Å²) in [6, 6.07) is 2.62. The first-order valence-corrected chi connectivity index (χ1v) is 8.97. The van der Waals surface area contributed by atoms with Gasteiger partial charge in [-0.25, -0.2) is 4.68 Å². The van der Waals surface area contributed by atoms with Gasteiger partial charge in [0, 0.05) is 17.0 Å². The maximum absolute atomic E-state index is 13.9. The second kappa shape index (κ2) is 5.88. The molecule has 0 saturated heterocycles. The quantitative estimate of drug-likeness (QED) is 0.584. The highest BCUT2D eigenvalue weighted by Crippen LogP contribution is 2.56. The molecule has 12 heteroatoms. The number of hydrogen-bond donors (Lipinski definition) is 2. The van der Waals surface area contributed by atoms with E-state index in [9.17, 15) is 30.6 Å². The van der Waals surface area contributed by atoms with Gasteiger partial charge in [-0.2, -0.15) is 31.4 Å². The van der Waals surface area contributed by atoms with E-state index in [2.05, 4.69) is 5.10 Å². The highest BCUT2D eigenvalue weighted by Gasteiger charge is 2.74. The third-order valence-corrected chi connectivity index (χ3v) is 5.77. The van der Waals surface area contributed by atoms with E-state index < -0.39 is 45.8 Å². The van der Waals surface area contributed by atoms with Crippen molar-refractivity contribution in [3.05, 3.63) is 29.5 Å². The number of aryl methyl sites for hydroxylation is 1. The van der Waals surface area contributed by atoms with Crippen LogP contribution in [0.1, 0.15) is 18.2 Å². The number of alkyl halides is 6. The lowest BCUT2D eigenvalue weighted by atomic mass is 9.85. The van der Waals surface area contributed by atoms with Crippen LogP contribution in [-0.2, 0) is 16.3 Å². The predicted molar refractivity (Wildman–Crippen MR) is 87.1 cm³/mol. The van der Waals surface area contributed by atoms with Gasteiger partial charge in [0.05, 0.1) is 22.2 Å². The summed E-state index contributed by atoms with van der Waals surface area (Å²) in [5.74, 6) is -0.615. The second-order valence-corrected chi connectivity index (χ2v) is 7.63. The van der Waals surface area contributed by atoms with Crippen LogP contribution in [0, 0.1) is 6.92 Å². The van der Waals surface area contributed by atoms with Gasteiger partial charge < -0.3 is 11.1 Å². The Labute approximate surface area is 152 Å². The molecule has 5 nitrogen and oxygen atoms in total. The molecular formula is C15H14F6N4OS. The van der Waals surface area contributed by atoms with Crippen molar-refractivity contribution in [1.29, 1.82) is 0 Å². The normalized spacial score (nSPS) is 17.0. The Hall–Kier alpha value is -2.24. The first kappa shape index (κ1) is 19.5. The fraction of sp³-hybridized carbons (Fsp3) is 0.400. The second-order valence-electron chi connectivity index (χ2n) is 5.96. The molecule has 0 amide bonds. The lowest BCUT2D eigenvalue weighted by Crippen LogP contribution is -2.61. The van der Waals surface area contributed by atoms with Crippen LogP contribution < -0.4 is 11.1 Å². The van der Waals surface area contributed by atoms with Gasteiger partial charge in [0.2, 0.25) is 0 Å². The van der Waals surface area contributed by atoms with Crippen molar-refractivity contribution < 1.29 is 30.6 Å². The van der Waals surface area contributed by atoms with E-state index >= 15 is 0 Å². The molecule has 0 aliphatic carbocycles. The van der Waals surface area contributed by atoms with E-state index in [0.29, 0.717) is 6.07 Å². The van der Waals surface area contributed by atoms with Crippen molar-refractivity contribution in [2.45, 2.75) is 36.6 Å². The van der Waals surface area contributed by atoms with Gasteiger partial charge >= 0.3 is 12.4 Å². The number of hydrogen-bond acceptors (Lipinski definition) is 4. The minimum atomic E-state index is -5.75. The molecule has 1 aromatic carbocycles. The molecular weight excluding hydrogens is 398 g/mol. The first-order chi connectivity index (χ1) is 12.3. The summed E-state index contributed by atoms with van der Waals surface area (Å²) in [4.78, 5) is -0.205. The topological polar surface area (TPSA) is 72.9 Å². The molecule has 148 valence electrons. The lowest BCUT2D eigenvalue weighted by molar-refractivity contribution is -0.294. The molecule has 0 radical (unpaired) electrons. The number of anilines is 2. The SMILES string of the molecule is CCS(=O)c1c(C)nn2c1NC(C(F)(F)F)(C(F)(F)F)c1ccc(N)cc1-2. The maximum atomic E-state index is 13.9. The summed E-state index contributed by atoms with van der Waals surface area (Å²) < 4.78 is 96.4. The number of nitrogens with one attached hydrogen (secondary N) is 1. The summed E-state index contributed by atoms with van der Waals surface area (Å²) in [6.07, 6.45) is -11.5. The van der Waals surface area contributed by atoms with Crippen LogP contribution in [0.2, 0.25) is 0 Å².